The number of ether oxygens (including phenoxy) is 1. The van der Waals surface area contributed by atoms with Gasteiger partial charge in [-0.2, -0.15) is 0 Å². The summed E-state index contributed by atoms with van der Waals surface area (Å²) in [5, 5.41) is 3.77. The van der Waals surface area contributed by atoms with Gasteiger partial charge in [-0.3, -0.25) is 0 Å². The number of fused-ring (bicyclic) bond motifs is 1. The Morgan fingerprint density at radius 2 is 2.21 bits per heavy atom. The second kappa shape index (κ2) is 5.68. The van der Waals surface area contributed by atoms with Gasteiger partial charge >= 0.3 is 0 Å². The first kappa shape index (κ1) is 13.2. The van der Waals surface area contributed by atoms with Crippen molar-refractivity contribution in [1.29, 1.82) is 0 Å². The smallest absolute Gasteiger partial charge is 0.123 e. The van der Waals surface area contributed by atoms with Crippen LogP contribution in [0.15, 0.2) is 18.2 Å². The molecule has 104 valence electrons. The molecule has 19 heavy (non-hydrogen) atoms. The van der Waals surface area contributed by atoms with E-state index in [0.29, 0.717) is 11.3 Å². The highest BCUT2D eigenvalue weighted by Crippen LogP contribution is 2.30. The monoisotopic (exact) mass is 283 g/mol. The molecule has 2 aliphatic rings. The normalized spacial score (nSPS) is 29.3. The molecule has 1 saturated carbocycles. The molecular formula is C15H19ClFNO. The van der Waals surface area contributed by atoms with Crippen LogP contribution in [0.1, 0.15) is 24.8 Å². The van der Waals surface area contributed by atoms with Crippen LogP contribution in [0.3, 0.4) is 0 Å². The van der Waals surface area contributed by atoms with E-state index in [1.807, 2.05) is 0 Å². The number of nitrogens with one attached hydrogen (secondary N) is 1. The fourth-order valence-corrected chi connectivity index (χ4v) is 3.42. The van der Waals surface area contributed by atoms with Gasteiger partial charge in [-0.15, -0.1) is 11.6 Å². The maximum atomic E-state index is 13.1. The Hall–Kier alpha value is -0.800. The SMILES string of the molecule is Fc1ccc2c(c1)CC(CNCC1CCCC1Cl)O2. The summed E-state index contributed by atoms with van der Waals surface area (Å²) in [4.78, 5) is 0. The average Bonchev–Trinajstić information content (AvgIpc) is 2.95. The van der Waals surface area contributed by atoms with Crippen LogP contribution < -0.4 is 10.1 Å². The summed E-state index contributed by atoms with van der Waals surface area (Å²) >= 11 is 6.25. The van der Waals surface area contributed by atoms with Crippen LogP contribution in [0.5, 0.6) is 5.75 Å². The minimum Gasteiger partial charge on any atom is -0.488 e. The van der Waals surface area contributed by atoms with Crippen molar-refractivity contribution in [3.63, 3.8) is 0 Å². The van der Waals surface area contributed by atoms with Gasteiger partial charge in [-0.1, -0.05) is 6.42 Å². The molecule has 0 spiro atoms. The Labute approximate surface area is 118 Å². The van der Waals surface area contributed by atoms with Crippen molar-refractivity contribution < 1.29 is 9.13 Å². The first-order valence-electron chi connectivity index (χ1n) is 7.02. The van der Waals surface area contributed by atoms with Crippen molar-refractivity contribution in [3.05, 3.63) is 29.6 Å². The Bertz CT molecular complexity index is 454. The van der Waals surface area contributed by atoms with Crippen molar-refractivity contribution in [2.75, 3.05) is 13.1 Å². The van der Waals surface area contributed by atoms with Crippen LogP contribution in [0.25, 0.3) is 0 Å². The molecule has 1 aliphatic carbocycles. The third-order valence-electron chi connectivity index (χ3n) is 4.11. The molecule has 1 aromatic carbocycles. The molecule has 1 aromatic rings. The lowest BCUT2D eigenvalue weighted by atomic mass is 10.1. The maximum Gasteiger partial charge on any atom is 0.123 e. The predicted octanol–water partition coefficient (Wildman–Crippen LogP) is 3.13. The third-order valence-corrected chi connectivity index (χ3v) is 4.68. The molecule has 2 nitrogen and oxygen atoms in total. The van der Waals surface area contributed by atoms with Crippen LogP contribution >= 0.6 is 11.6 Å². The standard InChI is InChI=1S/C15H19ClFNO/c16-14-3-1-2-10(14)8-18-9-13-7-11-6-12(17)4-5-15(11)19-13/h4-6,10,13-14,18H,1-3,7-9H2. The zero-order chi connectivity index (χ0) is 13.2. The summed E-state index contributed by atoms with van der Waals surface area (Å²) in [5.41, 5.74) is 0.975. The van der Waals surface area contributed by atoms with E-state index in [1.54, 1.807) is 12.1 Å². The minimum atomic E-state index is -0.188. The summed E-state index contributed by atoms with van der Waals surface area (Å²) in [5.74, 6) is 1.22. The second-order valence-corrected chi connectivity index (χ2v) is 6.12. The van der Waals surface area contributed by atoms with E-state index in [2.05, 4.69) is 5.32 Å². The van der Waals surface area contributed by atoms with E-state index in [4.69, 9.17) is 16.3 Å². The quantitative estimate of drug-likeness (QED) is 0.857. The first-order chi connectivity index (χ1) is 9.22. The summed E-state index contributed by atoms with van der Waals surface area (Å²) in [6, 6.07) is 4.74. The van der Waals surface area contributed by atoms with E-state index in [0.717, 1.165) is 37.2 Å². The predicted molar refractivity (Wildman–Crippen MR) is 74.4 cm³/mol. The topological polar surface area (TPSA) is 21.3 Å². The third kappa shape index (κ3) is 3.03. The van der Waals surface area contributed by atoms with Crippen molar-refractivity contribution in [2.24, 2.45) is 5.92 Å². The largest absolute Gasteiger partial charge is 0.488 e. The molecule has 1 heterocycles. The fourth-order valence-electron chi connectivity index (χ4n) is 3.05. The van der Waals surface area contributed by atoms with Gasteiger partial charge in [0.15, 0.2) is 0 Å². The van der Waals surface area contributed by atoms with Gasteiger partial charge in [0.05, 0.1) is 0 Å². The molecule has 0 aromatic heterocycles. The van der Waals surface area contributed by atoms with Crippen LogP contribution in [-0.4, -0.2) is 24.6 Å². The molecule has 3 unspecified atom stereocenters. The average molecular weight is 284 g/mol. The highest BCUT2D eigenvalue weighted by Gasteiger charge is 2.26. The lowest BCUT2D eigenvalue weighted by Gasteiger charge is -2.17. The lowest BCUT2D eigenvalue weighted by Crippen LogP contribution is -2.34. The molecule has 0 radical (unpaired) electrons. The molecule has 0 bridgehead atoms. The molecule has 3 atom stereocenters. The van der Waals surface area contributed by atoms with Gasteiger partial charge in [0.25, 0.3) is 0 Å². The van der Waals surface area contributed by atoms with Gasteiger partial charge in [-0.05, 0) is 43.5 Å². The van der Waals surface area contributed by atoms with Gasteiger partial charge < -0.3 is 10.1 Å². The summed E-state index contributed by atoms with van der Waals surface area (Å²) in [6.45, 7) is 1.76. The zero-order valence-corrected chi connectivity index (χ0v) is 11.6. The van der Waals surface area contributed by atoms with Crippen molar-refractivity contribution in [2.45, 2.75) is 37.2 Å². The summed E-state index contributed by atoms with van der Waals surface area (Å²) in [7, 11) is 0. The van der Waals surface area contributed by atoms with E-state index in [9.17, 15) is 4.39 Å². The lowest BCUT2D eigenvalue weighted by molar-refractivity contribution is 0.225. The van der Waals surface area contributed by atoms with E-state index < -0.39 is 0 Å². The molecule has 0 amide bonds. The molecule has 1 aliphatic heterocycles. The fraction of sp³-hybridized carbons (Fsp3) is 0.600. The Kier molecular flexibility index (Phi) is 3.94. The summed E-state index contributed by atoms with van der Waals surface area (Å²) < 4.78 is 18.9. The minimum absolute atomic E-state index is 0.118. The van der Waals surface area contributed by atoms with E-state index >= 15 is 0 Å². The zero-order valence-electron chi connectivity index (χ0n) is 10.9. The number of hydrogen-bond acceptors (Lipinski definition) is 2. The van der Waals surface area contributed by atoms with Gasteiger partial charge in [-0.25, -0.2) is 4.39 Å². The van der Waals surface area contributed by atoms with Crippen molar-refractivity contribution >= 4 is 11.6 Å². The number of rotatable bonds is 4. The summed E-state index contributed by atoms with van der Waals surface area (Å²) in [6.07, 6.45) is 4.50. The second-order valence-electron chi connectivity index (χ2n) is 5.56. The molecule has 1 fully saturated rings. The number of halogens is 2. The first-order valence-corrected chi connectivity index (χ1v) is 7.46. The highest BCUT2D eigenvalue weighted by atomic mass is 35.5. The van der Waals surface area contributed by atoms with Gasteiger partial charge in [0, 0.05) is 23.9 Å². The molecular weight excluding hydrogens is 265 g/mol. The van der Waals surface area contributed by atoms with Gasteiger partial charge in [0.1, 0.15) is 17.7 Å². The van der Waals surface area contributed by atoms with Crippen LogP contribution in [0, 0.1) is 11.7 Å². The van der Waals surface area contributed by atoms with E-state index in [1.165, 1.54) is 18.9 Å². The number of alkyl halides is 1. The van der Waals surface area contributed by atoms with Crippen molar-refractivity contribution in [1.82, 2.24) is 5.32 Å². The Morgan fingerprint density at radius 3 is 3.00 bits per heavy atom. The van der Waals surface area contributed by atoms with Crippen LogP contribution in [0.2, 0.25) is 0 Å². The van der Waals surface area contributed by atoms with Crippen molar-refractivity contribution in [3.8, 4) is 5.75 Å². The Balaban J connectivity index is 1.46. The van der Waals surface area contributed by atoms with Gasteiger partial charge in [0.2, 0.25) is 0 Å². The maximum absolute atomic E-state index is 13.1. The number of hydrogen-bond donors (Lipinski definition) is 1. The Morgan fingerprint density at radius 1 is 1.32 bits per heavy atom. The molecule has 3 rings (SSSR count). The van der Waals surface area contributed by atoms with E-state index in [-0.39, 0.29) is 11.9 Å². The van der Waals surface area contributed by atoms with Crippen LogP contribution in [0.4, 0.5) is 4.39 Å². The molecule has 1 N–H and O–H groups in total. The number of benzene rings is 1. The highest BCUT2D eigenvalue weighted by molar-refractivity contribution is 6.20. The molecule has 4 heteroatoms. The molecule has 0 saturated heterocycles. The van der Waals surface area contributed by atoms with Crippen LogP contribution in [-0.2, 0) is 6.42 Å².